The first kappa shape index (κ1) is 7.07. The van der Waals surface area contributed by atoms with Gasteiger partial charge in [-0.3, -0.25) is 5.32 Å². The van der Waals surface area contributed by atoms with Gasteiger partial charge >= 0.3 is 0 Å². The molecule has 0 saturated heterocycles. The number of nitrogens with zero attached hydrogens (tertiary/aromatic N) is 2. The van der Waals surface area contributed by atoms with Crippen molar-refractivity contribution >= 4 is 11.8 Å². The molecule has 1 aliphatic rings. The number of aromatic nitrogens is 2. The van der Waals surface area contributed by atoms with Gasteiger partial charge in [-0.1, -0.05) is 0 Å². The number of fused-ring (bicyclic) bond motifs is 1. The molecule has 0 aromatic carbocycles. The summed E-state index contributed by atoms with van der Waals surface area (Å²) in [6.45, 7) is 0. The van der Waals surface area contributed by atoms with Gasteiger partial charge in [0, 0.05) is 0 Å². The number of nitrogens with one attached hydrogen (secondary N) is 2. The van der Waals surface area contributed by atoms with Crippen LogP contribution in [0.2, 0.25) is 0 Å². The summed E-state index contributed by atoms with van der Waals surface area (Å²) in [5, 5.41) is 20.8. The third-order valence-corrected chi connectivity index (χ3v) is 1.50. The predicted octanol–water partition coefficient (Wildman–Crippen LogP) is -1.95. The molecule has 0 atom stereocenters. The summed E-state index contributed by atoms with van der Waals surface area (Å²) in [5.74, 6) is -2.12. The van der Waals surface area contributed by atoms with E-state index in [4.69, 9.17) is 5.73 Å². The highest BCUT2D eigenvalue weighted by atomic mass is 16.5. The molecular formula is C5H7N5O2. The average Bonchev–Trinajstić information content (AvgIpc) is 2.32. The summed E-state index contributed by atoms with van der Waals surface area (Å²) >= 11 is 0. The molecule has 1 aromatic rings. The minimum absolute atomic E-state index is 0.0803. The van der Waals surface area contributed by atoms with Crippen LogP contribution in [0, 0.1) is 0 Å². The highest BCUT2D eigenvalue weighted by Crippen LogP contribution is 2.25. The first-order valence-electron chi connectivity index (χ1n) is 3.20. The first-order valence-corrected chi connectivity index (χ1v) is 3.20. The molecule has 12 heavy (non-hydrogen) atoms. The van der Waals surface area contributed by atoms with E-state index >= 15 is 0 Å². The van der Waals surface area contributed by atoms with Gasteiger partial charge in [0.25, 0.3) is 5.91 Å². The predicted molar refractivity (Wildman–Crippen MR) is 39.1 cm³/mol. The van der Waals surface area contributed by atoms with Crippen molar-refractivity contribution in [2.45, 2.75) is 5.91 Å². The Hall–Kier alpha value is -1.60. The third kappa shape index (κ3) is 0.840. The van der Waals surface area contributed by atoms with Gasteiger partial charge in [0.15, 0.2) is 11.8 Å². The Morgan fingerprint density at radius 2 is 2.25 bits per heavy atom. The summed E-state index contributed by atoms with van der Waals surface area (Å²) in [5.41, 5.74) is 5.33. The second-order valence-corrected chi connectivity index (χ2v) is 2.40. The minimum atomic E-state index is -2.21. The summed E-state index contributed by atoms with van der Waals surface area (Å²) in [6, 6.07) is 0. The summed E-state index contributed by atoms with van der Waals surface area (Å²) < 4.78 is 0. The molecule has 0 bridgehead atoms. The number of hydrogen-bond acceptors (Lipinski definition) is 6. The maximum absolute atomic E-state index is 9.30. The average molecular weight is 169 g/mol. The Morgan fingerprint density at radius 1 is 1.50 bits per heavy atom. The lowest BCUT2D eigenvalue weighted by atomic mass is 10.3. The van der Waals surface area contributed by atoms with E-state index in [-0.39, 0.29) is 17.5 Å². The van der Waals surface area contributed by atoms with E-state index in [1.807, 2.05) is 0 Å². The lowest BCUT2D eigenvalue weighted by Crippen LogP contribution is -2.51. The summed E-state index contributed by atoms with van der Waals surface area (Å²) in [4.78, 5) is 9.97. The van der Waals surface area contributed by atoms with E-state index in [0.717, 1.165) is 0 Å². The minimum Gasteiger partial charge on any atom is -0.369 e. The molecule has 0 saturated carbocycles. The largest absolute Gasteiger partial charge is 0.369 e. The molecule has 7 nitrogen and oxygen atoms in total. The fourth-order valence-electron chi connectivity index (χ4n) is 1.01. The fourth-order valence-corrected chi connectivity index (χ4v) is 1.01. The number of guanidine groups is 1. The van der Waals surface area contributed by atoms with Crippen LogP contribution in [-0.2, 0) is 5.91 Å². The molecule has 6 N–H and O–H groups in total. The number of imidazole rings is 1. The van der Waals surface area contributed by atoms with Crippen molar-refractivity contribution in [3.8, 4) is 0 Å². The Kier molecular flexibility index (Phi) is 1.15. The molecule has 1 aromatic heterocycles. The number of nitrogens with two attached hydrogens (primary N) is 1. The van der Waals surface area contributed by atoms with Crippen LogP contribution in [0.1, 0.15) is 5.69 Å². The molecular weight excluding hydrogens is 162 g/mol. The van der Waals surface area contributed by atoms with E-state index in [1.165, 1.54) is 6.33 Å². The van der Waals surface area contributed by atoms with Crippen molar-refractivity contribution in [2.75, 3.05) is 0 Å². The van der Waals surface area contributed by atoms with Gasteiger partial charge in [-0.05, 0) is 0 Å². The molecule has 2 rings (SSSR count). The van der Waals surface area contributed by atoms with Crippen molar-refractivity contribution in [3.05, 3.63) is 12.0 Å². The van der Waals surface area contributed by atoms with Gasteiger partial charge in [0.2, 0.25) is 0 Å². The number of H-pyrrole nitrogens is 1. The lowest BCUT2D eigenvalue weighted by Gasteiger charge is -2.25. The van der Waals surface area contributed by atoms with Crippen LogP contribution < -0.4 is 11.1 Å². The Balaban J connectivity index is 2.58. The van der Waals surface area contributed by atoms with E-state index in [9.17, 15) is 10.2 Å². The summed E-state index contributed by atoms with van der Waals surface area (Å²) in [7, 11) is 0. The second kappa shape index (κ2) is 1.96. The Morgan fingerprint density at radius 3 is 3.00 bits per heavy atom. The third-order valence-electron chi connectivity index (χ3n) is 1.50. The zero-order valence-corrected chi connectivity index (χ0v) is 5.94. The molecule has 2 heterocycles. The van der Waals surface area contributed by atoms with Gasteiger partial charge in [-0.25, -0.2) is 4.98 Å². The molecule has 0 fully saturated rings. The van der Waals surface area contributed by atoms with Crippen molar-refractivity contribution < 1.29 is 10.2 Å². The van der Waals surface area contributed by atoms with Crippen molar-refractivity contribution in [2.24, 2.45) is 10.7 Å². The topological polar surface area (TPSA) is 120 Å². The van der Waals surface area contributed by atoms with Crippen LogP contribution in [0.25, 0.3) is 0 Å². The van der Waals surface area contributed by atoms with Gasteiger partial charge in [0.1, 0.15) is 5.69 Å². The zero-order valence-electron chi connectivity index (χ0n) is 5.94. The fraction of sp³-hybridized carbons (Fsp3) is 0.200. The van der Waals surface area contributed by atoms with Crippen molar-refractivity contribution in [1.29, 1.82) is 0 Å². The van der Waals surface area contributed by atoms with Gasteiger partial charge < -0.3 is 20.9 Å². The number of aromatic amines is 1. The Bertz CT molecular complexity index is 341. The van der Waals surface area contributed by atoms with Crippen LogP contribution in [-0.4, -0.2) is 26.1 Å². The van der Waals surface area contributed by atoms with Crippen molar-refractivity contribution in [3.63, 3.8) is 0 Å². The van der Waals surface area contributed by atoms with E-state index in [1.54, 1.807) is 0 Å². The molecule has 0 radical (unpaired) electrons. The maximum atomic E-state index is 9.30. The highest BCUT2D eigenvalue weighted by molar-refractivity contribution is 5.83. The van der Waals surface area contributed by atoms with Crippen LogP contribution in [0.4, 0.5) is 5.82 Å². The van der Waals surface area contributed by atoms with Crippen LogP contribution >= 0.6 is 0 Å². The summed E-state index contributed by atoms with van der Waals surface area (Å²) in [6.07, 6.45) is 1.30. The number of aliphatic hydroxyl groups is 2. The second-order valence-electron chi connectivity index (χ2n) is 2.40. The molecule has 1 aliphatic heterocycles. The molecule has 7 heteroatoms. The number of hydrogen-bond donors (Lipinski definition) is 5. The monoisotopic (exact) mass is 169 g/mol. The molecule has 0 unspecified atom stereocenters. The number of rotatable bonds is 0. The van der Waals surface area contributed by atoms with Crippen LogP contribution in [0.5, 0.6) is 0 Å². The van der Waals surface area contributed by atoms with Crippen molar-refractivity contribution in [1.82, 2.24) is 15.3 Å². The molecule has 0 aliphatic carbocycles. The van der Waals surface area contributed by atoms with E-state index in [2.05, 4.69) is 20.3 Å². The SMILES string of the molecule is NC1=Nc2nc[nH]c2C(O)(O)N1. The first-order chi connectivity index (χ1) is 5.59. The maximum Gasteiger partial charge on any atom is 0.294 e. The molecule has 64 valence electrons. The zero-order chi connectivity index (χ0) is 8.77. The van der Waals surface area contributed by atoms with Crippen LogP contribution in [0.3, 0.4) is 0 Å². The molecule has 0 spiro atoms. The lowest BCUT2D eigenvalue weighted by molar-refractivity contribution is -0.185. The smallest absolute Gasteiger partial charge is 0.294 e. The number of aliphatic imine (C=N–C) groups is 1. The quantitative estimate of drug-likeness (QED) is 0.289. The highest BCUT2D eigenvalue weighted by Gasteiger charge is 2.35. The van der Waals surface area contributed by atoms with Gasteiger partial charge in [-0.15, -0.1) is 0 Å². The molecule has 0 amide bonds. The van der Waals surface area contributed by atoms with E-state index in [0.29, 0.717) is 0 Å². The van der Waals surface area contributed by atoms with E-state index < -0.39 is 5.91 Å². The van der Waals surface area contributed by atoms with Gasteiger partial charge in [0.05, 0.1) is 6.33 Å². The van der Waals surface area contributed by atoms with Crippen LogP contribution in [0.15, 0.2) is 11.3 Å². The Labute approximate surface area is 67.0 Å². The van der Waals surface area contributed by atoms with Gasteiger partial charge in [-0.2, -0.15) is 4.99 Å². The standard InChI is InChI=1S/C5H7N5O2/c6-4-9-3-2(7-1-8-3)5(11,12)10-4/h1,11-12H,(H,7,8)(H3,6,9,10). The normalized spacial score (nSPS) is 19.3.